The molecule has 4 rings (SSSR count). The largest absolute Gasteiger partial charge is 0.490 e. The summed E-state index contributed by atoms with van der Waals surface area (Å²) >= 11 is 6.41. The molecule has 2 aromatic carbocycles. The quantitative estimate of drug-likeness (QED) is 0.260. The van der Waals surface area contributed by atoms with E-state index in [2.05, 4.69) is 40.0 Å². The third-order valence-corrected chi connectivity index (χ3v) is 7.29. The number of alkyl halides is 3. The van der Waals surface area contributed by atoms with Gasteiger partial charge in [-0.05, 0) is 87.0 Å². The standard InChI is InChI=1S/C29H34ClN3O3.C2HF3O2/c1-4-23-24(20-10-13-33(14-11-20)15-12-28(34)35)6-5-7-25(23)22-17-31-29(32-18-22)21-8-9-27(26(30)16-21)36-19(2)3;3-2(4,5)1(6)7/h5-9,16-20H,4,10-15H2,1-3H3,(H,34,35);(H,6,7). The van der Waals surface area contributed by atoms with Crippen molar-refractivity contribution in [3.63, 3.8) is 0 Å². The van der Waals surface area contributed by atoms with Crippen LogP contribution in [0.25, 0.3) is 22.5 Å². The Hall–Kier alpha value is -3.70. The summed E-state index contributed by atoms with van der Waals surface area (Å²) < 4.78 is 37.5. The molecule has 0 bridgehead atoms. The molecule has 1 aliphatic heterocycles. The van der Waals surface area contributed by atoms with Gasteiger partial charge in [0, 0.05) is 30.1 Å². The molecule has 1 aliphatic rings. The molecule has 0 spiro atoms. The molecule has 232 valence electrons. The highest BCUT2D eigenvalue weighted by Crippen LogP contribution is 2.36. The Morgan fingerprint density at radius 3 is 2.21 bits per heavy atom. The number of hydrogen-bond donors (Lipinski definition) is 2. The van der Waals surface area contributed by atoms with Crippen LogP contribution in [0.1, 0.15) is 57.1 Å². The minimum Gasteiger partial charge on any atom is -0.489 e. The summed E-state index contributed by atoms with van der Waals surface area (Å²) in [5, 5.41) is 16.6. The molecule has 0 radical (unpaired) electrons. The van der Waals surface area contributed by atoms with Gasteiger partial charge in [-0.2, -0.15) is 13.2 Å². The zero-order valence-corrected chi connectivity index (χ0v) is 25.0. The molecular formula is C31H35ClF3N3O5. The van der Waals surface area contributed by atoms with Crippen LogP contribution in [0, 0.1) is 0 Å². The number of hydrogen-bond acceptors (Lipinski definition) is 6. The lowest BCUT2D eigenvalue weighted by molar-refractivity contribution is -0.192. The lowest BCUT2D eigenvalue weighted by Gasteiger charge is -2.33. The predicted molar refractivity (Wildman–Crippen MR) is 157 cm³/mol. The number of benzene rings is 2. The molecule has 0 atom stereocenters. The van der Waals surface area contributed by atoms with Gasteiger partial charge in [-0.1, -0.05) is 36.7 Å². The predicted octanol–water partition coefficient (Wildman–Crippen LogP) is 7.10. The summed E-state index contributed by atoms with van der Waals surface area (Å²) in [5.74, 6) is -1.72. The van der Waals surface area contributed by atoms with Crippen molar-refractivity contribution in [1.82, 2.24) is 14.9 Å². The van der Waals surface area contributed by atoms with Crippen LogP contribution in [0.15, 0.2) is 48.8 Å². The molecule has 8 nitrogen and oxygen atoms in total. The second-order valence-corrected chi connectivity index (χ2v) is 10.8. The van der Waals surface area contributed by atoms with Gasteiger partial charge in [0.2, 0.25) is 0 Å². The number of rotatable bonds is 9. The van der Waals surface area contributed by atoms with Gasteiger partial charge in [0.1, 0.15) is 5.75 Å². The van der Waals surface area contributed by atoms with Crippen LogP contribution in [0.2, 0.25) is 5.02 Å². The van der Waals surface area contributed by atoms with Gasteiger partial charge >= 0.3 is 18.1 Å². The minimum atomic E-state index is -5.08. The van der Waals surface area contributed by atoms with Crippen LogP contribution in [0.5, 0.6) is 5.75 Å². The molecule has 0 aliphatic carbocycles. The van der Waals surface area contributed by atoms with E-state index in [1.54, 1.807) is 0 Å². The second-order valence-electron chi connectivity index (χ2n) is 10.4. The van der Waals surface area contributed by atoms with Gasteiger partial charge < -0.3 is 19.8 Å². The number of halogens is 4. The maximum absolute atomic E-state index is 10.9. The SMILES string of the molecule is CCc1c(-c2cnc(-c3ccc(OC(C)C)c(Cl)c3)nc2)cccc1C1CCN(CCC(=O)O)CC1.O=C(O)C(F)(F)F. The van der Waals surface area contributed by atoms with Crippen LogP contribution in [0.3, 0.4) is 0 Å². The summed E-state index contributed by atoms with van der Waals surface area (Å²) in [6, 6.07) is 12.2. The number of nitrogens with zero attached hydrogens (tertiary/aromatic N) is 3. The van der Waals surface area contributed by atoms with Crippen molar-refractivity contribution >= 4 is 23.5 Å². The molecule has 3 aromatic rings. The lowest BCUT2D eigenvalue weighted by Crippen LogP contribution is -2.34. The van der Waals surface area contributed by atoms with Crippen LogP contribution in [-0.4, -0.2) is 68.9 Å². The highest BCUT2D eigenvalue weighted by atomic mass is 35.5. The van der Waals surface area contributed by atoms with E-state index in [0.29, 0.717) is 29.1 Å². The first-order valence-electron chi connectivity index (χ1n) is 13.9. The average molecular weight is 622 g/mol. The lowest BCUT2D eigenvalue weighted by atomic mass is 9.83. The molecule has 1 aromatic heterocycles. The number of likely N-dealkylation sites (tertiary alicyclic amines) is 1. The number of aliphatic carboxylic acids is 2. The van der Waals surface area contributed by atoms with E-state index in [9.17, 15) is 18.0 Å². The number of piperidine rings is 1. The maximum atomic E-state index is 10.9. The van der Waals surface area contributed by atoms with Gasteiger partial charge in [-0.15, -0.1) is 0 Å². The molecule has 1 saturated heterocycles. The zero-order valence-electron chi connectivity index (χ0n) is 24.2. The van der Waals surface area contributed by atoms with Gasteiger partial charge in [-0.25, -0.2) is 14.8 Å². The summed E-state index contributed by atoms with van der Waals surface area (Å²) in [6.45, 7) is 8.64. The Kier molecular flexibility index (Phi) is 11.9. The Morgan fingerprint density at radius 1 is 1.07 bits per heavy atom. The summed E-state index contributed by atoms with van der Waals surface area (Å²) in [7, 11) is 0. The average Bonchev–Trinajstić information content (AvgIpc) is 2.96. The zero-order chi connectivity index (χ0) is 31.7. The molecule has 0 saturated carbocycles. The first kappa shape index (κ1) is 33.8. The van der Waals surface area contributed by atoms with E-state index in [1.165, 1.54) is 16.7 Å². The van der Waals surface area contributed by atoms with Crippen molar-refractivity contribution in [2.45, 2.75) is 64.7 Å². The van der Waals surface area contributed by atoms with Gasteiger partial charge in [0.05, 0.1) is 17.5 Å². The topological polar surface area (TPSA) is 113 Å². The Bertz CT molecular complexity index is 1390. The van der Waals surface area contributed by atoms with Gasteiger partial charge in [0.15, 0.2) is 5.82 Å². The van der Waals surface area contributed by atoms with E-state index in [-0.39, 0.29) is 12.5 Å². The van der Waals surface area contributed by atoms with Crippen LogP contribution < -0.4 is 4.74 Å². The molecule has 0 unspecified atom stereocenters. The van der Waals surface area contributed by atoms with Crippen molar-refractivity contribution < 1.29 is 37.7 Å². The van der Waals surface area contributed by atoms with Crippen LogP contribution >= 0.6 is 11.6 Å². The Balaban J connectivity index is 0.000000646. The van der Waals surface area contributed by atoms with Crippen molar-refractivity contribution in [1.29, 1.82) is 0 Å². The monoisotopic (exact) mass is 621 g/mol. The molecule has 2 N–H and O–H groups in total. The fourth-order valence-electron chi connectivity index (χ4n) is 4.98. The van der Waals surface area contributed by atoms with Crippen molar-refractivity contribution in [3.8, 4) is 28.3 Å². The number of carbonyl (C=O) groups is 2. The summed E-state index contributed by atoms with van der Waals surface area (Å²) in [4.78, 5) is 31.4. The molecule has 2 heterocycles. The van der Waals surface area contributed by atoms with Gasteiger partial charge in [-0.3, -0.25) is 4.79 Å². The van der Waals surface area contributed by atoms with E-state index in [0.717, 1.165) is 43.5 Å². The molecule has 0 amide bonds. The number of ether oxygens (including phenoxy) is 1. The van der Waals surface area contributed by atoms with Crippen molar-refractivity contribution in [2.24, 2.45) is 0 Å². The van der Waals surface area contributed by atoms with Crippen LogP contribution in [0.4, 0.5) is 13.2 Å². The number of carboxylic acids is 2. The fraction of sp³-hybridized carbons (Fsp3) is 0.419. The smallest absolute Gasteiger partial charge is 0.489 e. The maximum Gasteiger partial charge on any atom is 0.490 e. The molecule has 43 heavy (non-hydrogen) atoms. The van der Waals surface area contributed by atoms with E-state index in [4.69, 9.17) is 31.3 Å². The fourth-order valence-corrected chi connectivity index (χ4v) is 5.20. The van der Waals surface area contributed by atoms with E-state index in [1.807, 2.05) is 44.4 Å². The molecule has 1 fully saturated rings. The highest BCUT2D eigenvalue weighted by Gasteiger charge is 2.38. The third kappa shape index (κ3) is 9.65. The minimum absolute atomic E-state index is 0.0527. The van der Waals surface area contributed by atoms with Crippen molar-refractivity contribution in [3.05, 3.63) is 64.9 Å². The normalized spacial score (nSPS) is 14.2. The van der Waals surface area contributed by atoms with Crippen LogP contribution in [-0.2, 0) is 16.0 Å². The third-order valence-electron chi connectivity index (χ3n) is 6.99. The first-order chi connectivity index (χ1) is 20.3. The second kappa shape index (κ2) is 15.2. The number of aromatic nitrogens is 2. The summed E-state index contributed by atoms with van der Waals surface area (Å²) in [5.41, 5.74) is 5.76. The highest BCUT2D eigenvalue weighted by molar-refractivity contribution is 6.32. The summed E-state index contributed by atoms with van der Waals surface area (Å²) in [6.07, 6.45) is 1.98. The van der Waals surface area contributed by atoms with E-state index < -0.39 is 18.1 Å². The molecule has 12 heteroatoms. The van der Waals surface area contributed by atoms with Crippen molar-refractivity contribution in [2.75, 3.05) is 19.6 Å². The number of carboxylic acid groups (broad SMARTS) is 2. The molecular weight excluding hydrogens is 587 g/mol. The Morgan fingerprint density at radius 2 is 1.70 bits per heavy atom. The van der Waals surface area contributed by atoms with E-state index >= 15 is 0 Å². The Labute approximate surface area is 253 Å². The van der Waals surface area contributed by atoms with Gasteiger partial charge in [0.25, 0.3) is 0 Å². The first-order valence-corrected chi connectivity index (χ1v) is 14.3.